The largest absolute Gasteiger partial charge is 0.479 e. The Balaban J connectivity index is 2.24. The molecule has 3 rings (SSSR count). The summed E-state index contributed by atoms with van der Waals surface area (Å²) in [5.74, 6) is -1.13. The normalized spacial score (nSPS) is 13.9. The number of benzene rings is 2. The minimum absolute atomic E-state index is 0.439. The Bertz CT molecular complexity index is 828. The number of methoxy groups -OCH3 is 1. The maximum atomic E-state index is 12.0. The molecule has 0 aliphatic carbocycles. The monoisotopic (exact) mass is 317 g/mol. The van der Waals surface area contributed by atoms with Crippen LogP contribution in [0.3, 0.4) is 0 Å². The van der Waals surface area contributed by atoms with E-state index in [1.165, 1.54) is 13.5 Å². The summed E-state index contributed by atoms with van der Waals surface area (Å²) in [7, 11) is 1.35. The Morgan fingerprint density at radius 3 is 2.55 bits per heavy atom. The van der Waals surface area contributed by atoms with Gasteiger partial charge in [-0.2, -0.15) is 0 Å². The van der Waals surface area contributed by atoms with Crippen molar-refractivity contribution in [3.05, 3.63) is 65.0 Å². The molecule has 112 valence electrons. The van der Waals surface area contributed by atoms with E-state index >= 15 is 0 Å². The lowest BCUT2D eigenvalue weighted by molar-refractivity contribution is -0.158. The molecule has 22 heavy (non-hydrogen) atoms. The average Bonchev–Trinajstić information content (AvgIpc) is 2.97. The van der Waals surface area contributed by atoms with E-state index in [-0.39, 0.29) is 0 Å². The van der Waals surface area contributed by atoms with Gasteiger partial charge in [0, 0.05) is 17.7 Å². The lowest BCUT2D eigenvalue weighted by Crippen LogP contribution is -2.39. The van der Waals surface area contributed by atoms with Crippen molar-refractivity contribution in [3.8, 4) is 0 Å². The van der Waals surface area contributed by atoms with E-state index in [9.17, 15) is 9.90 Å². The maximum Gasteiger partial charge on any atom is 0.345 e. The summed E-state index contributed by atoms with van der Waals surface area (Å²) in [6.45, 7) is 0. The fraction of sp³-hybridized carbons (Fsp3) is 0.125. The second-order valence-electron chi connectivity index (χ2n) is 4.73. The molecule has 0 amide bonds. The summed E-state index contributed by atoms with van der Waals surface area (Å²) >= 11 is 5.88. The van der Waals surface area contributed by atoms with Crippen molar-refractivity contribution in [1.29, 1.82) is 0 Å². The van der Waals surface area contributed by atoms with Gasteiger partial charge in [-0.25, -0.2) is 9.78 Å². The van der Waals surface area contributed by atoms with Gasteiger partial charge in [0.1, 0.15) is 5.52 Å². The van der Waals surface area contributed by atoms with Crippen LogP contribution in [-0.2, 0) is 15.1 Å². The second kappa shape index (κ2) is 5.44. The first-order chi connectivity index (χ1) is 10.6. The first-order valence-electron chi connectivity index (χ1n) is 6.46. The van der Waals surface area contributed by atoms with E-state index in [0.29, 0.717) is 27.2 Å². The van der Waals surface area contributed by atoms with Crippen LogP contribution in [0.15, 0.2) is 53.3 Å². The number of hydrogen-bond donors (Lipinski definition) is 1. The maximum absolute atomic E-state index is 12.0. The minimum Gasteiger partial charge on any atom is -0.479 e. The molecular weight excluding hydrogens is 306 g/mol. The van der Waals surface area contributed by atoms with Crippen molar-refractivity contribution in [1.82, 2.24) is 4.98 Å². The topological polar surface area (TPSA) is 72.6 Å². The number of ether oxygens (including phenoxy) is 1. The van der Waals surface area contributed by atoms with Gasteiger partial charge in [-0.1, -0.05) is 29.8 Å². The quantitative estimate of drug-likeness (QED) is 0.797. The van der Waals surface area contributed by atoms with Crippen LogP contribution in [0.5, 0.6) is 0 Å². The van der Waals surface area contributed by atoms with Gasteiger partial charge in [-0.05, 0) is 29.8 Å². The minimum atomic E-state index is -1.65. The van der Waals surface area contributed by atoms with Gasteiger partial charge in [0.2, 0.25) is 5.60 Å². The first kappa shape index (κ1) is 14.6. The number of hydrogen-bond acceptors (Lipinski definition) is 4. The number of carbonyl (C=O) groups is 1. The molecule has 0 saturated carbocycles. The highest BCUT2D eigenvalue weighted by molar-refractivity contribution is 6.30. The SMILES string of the molecule is COC(C(=O)O)(c1ccc(Cl)cc1)c1ccc2ncoc2c1. The van der Waals surface area contributed by atoms with E-state index in [1.807, 2.05) is 0 Å². The second-order valence-corrected chi connectivity index (χ2v) is 5.17. The van der Waals surface area contributed by atoms with E-state index < -0.39 is 11.6 Å². The third kappa shape index (κ3) is 2.15. The van der Waals surface area contributed by atoms with Crippen LogP contribution in [0.4, 0.5) is 0 Å². The van der Waals surface area contributed by atoms with Gasteiger partial charge in [-0.15, -0.1) is 0 Å². The molecule has 6 heteroatoms. The predicted molar refractivity (Wildman–Crippen MR) is 80.9 cm³/mol. The highest BCUT2D eigenvalue weighted by Crippen LogP contribution is 2.35. The van der Waals surface area contributed by atoms with Crippen LogP contribution in [0.1, 0.15) is 11.1 Å². The smallest absolute Gasteiger partial charge is 0.345 e. The Morgan fingerprint density at radius 2 is 1.91 bits per heavy atom. The molecule has 1 heterocycles. The summed E-state index contributed by atoms with van der Waals surface area (Å²) < 4.78 is 10.7. The van der Waals surface area contributed by atoms with Gasteiger partial charge < -0.3 is 14.3 Å². The van der Waals surface area contributed by atoms with Crippen LogP contribution in [0.25, 0.3) is 11.1 Å². The molecule has 1 unspecified atom stereocenters. The molecule has 0 aliphatic rings. The zero-order valence-corrected chi connectivity index (χ0v) is 12.4. The fourth-order valence-corrected chi connectivity index (χ4v) is 2.62. The van der Waals surface area contributed by atoms with Crippen LogP contribution in [0, 0.1) is 0 Å². The number of oxazole rings is 1. The van der Waals surface area contributed by atoms with Crippen molar-refractivity contribution in [2.24, 2.45) is 0 Å². The number of aliphatic carboxylic acids is 1. The molecule has 1 aromatic heterocycles. The number of carboxylic acid groups (broad SMARTS) is 1. The molecule has 0 fully saturated rings. The van der Waals surface area contributed by atoms with Crippen molar-refractivity contribution in [2.75, 3.05) is 7.11 Å². The first-order valence-corrected chi connectivity index (χ1v) is 6.84. The van der Waals surface area contributed by atoms with Crippen molar-refractivity contribution in [3.63, 3.8) is 0 Å². The number of aromatic nitrogens is 1. The van der Waals surface area contributed by atoms with Gasteiger partial charge in [-0.3, -0.25) is 0 Å². The molecule has 5 nitrogen and oxygen atoms in total. The summed E-state index contributed by atoms with van der Waals surface area (Å²) in [6.07, 6.45) is 1.31. The highest BCUT2D eigenvalue weighted by atomic mass is 35.5. The average molecular weight is 318 g/mol. The van der Waals surface area contributed by atoms with Gasteiger partial charge >= 0.3 is 5.97 Å². The van der Waals surface area contributed by atoms with Gasteiger partial charge in [0.15, 0.2) is 12.0 Å². The lowest BCUT2D eigenvalue weighted by atomic mass is 9.86. The Hall–Kier alpha value is -2.37. The standard InChI is InChI=1S/C16H12ClNO4/c1-21-16(15(19)20,10-2-5-12(17)6-3-10)11-4-7-13-14(8-11)22-9-18-13/h2-9H,1H3,(H,19,20). The Kier molecular flexibility index (Phi) is 3.60. The number of nitrogens with zero attached hydrogens (tertiary/aromatic N) is 1. The number of fused-ring (bicyclic) bond motifs is 1. The van der Waals surface area contributed by atoms with E-state index in [2.05, 4.69) is 4.98 Å². The van der Waals surface area contributed by atoms with E-state index in [4.69, 9.17) is 20.8 Å². The summed E-state index contributed by atoms with van der Waals surface area (Å²) in [6, 6.07) is 11.5. The zero-order valence-electron chi connectivity index (χ0n) is 11.6. The van der Waals surface area contributed by atoms with Crippen LogP contribution >= 0.6 is 11.6 Å². The third-order valence-corrected chi connectivity index (χ3v) is 3.85. The van der Waals surface area contributed by atoms with Crippen LogP contribution in [-0.4, -0.2) is 23.2 Å². The van der Waals surface area contributed by atoms with E-state index in [0.717, 1.165) is 0 Å². The molecule has 3 aromatic rings. The Labute approximate surface area is 131 Å². The molecule has 2 aromatic carbocycles. The highest BCUT2D eigenvalue weighted by Gasteiger charge is 2.43. The molecule has 1 atom stereocenters. The Morgan fingerprint density at radius 1 is 1.23 bits per heavy atom. The molecule has 1 N–H and O–H groups in total. The van der Waals surface area contributed by atoms with Crippen molar-refractivity contribution >= 4 is 28.7 Å². The van der Waals surface area contributed by atoms with Crippen LogP contribution in [0.2, 0.25) is 5.02 Å². The molecule has 0 radical (unpaired) electrons. The summed E-state index contributed by atoms with van der Waals surface area (Å²) in [5.41, 5.74) is 0.398. The van der Waals surface area contributed by atoms with Crippen LogP contribution < -0.4 is 0 Å². The molecule has 0 saturated heterocycles. The van der Waals surface area contributed by atoms with Crippen molar-refractivity contribution < 1.29 is 19.1 Å². The number of carboxylic acids is 1. The van der Waals surface area contributed by atoms with Gasteiger partial charge in [0.05, 0.1) is 0 Å². The number of rotatable bonds is 4. The molecule has 0 aliphatic heterocycles. The van der Waals surface area contributed by atoms with E-state index in [1.54, 1.807) is 42.5 Å². The lowest BCUT2D eigenvalue weighted by Gasteiger charge is -2.29. The molecule has 0 spiro atoms. The predicted octanol–water partition coefficient (Wildman–Crippen LogP) is 3.46. The van der Waals surface area contributed by atoms with Crippen molar-refractivity contribution in [2.45, 2.75) is 5.60 Å². The zero-order chi connectivity index (χ0) is 15.7. The third-order valence-electron chi connectivity index (χ3n) is 3.60. The number of halogens is 1. The fourth-order valence-electron chi connectivity index (χ4n) is 2.50. The summed E-state index contributed by atoms with van der Waals surface area (Å²) in [4.78, 5) is 16.0. The van der Waals surface area contributed by atoms with Gasteiger partial charge in [0.25, 0.3) is 0 Å². The summed E-state index contributed by atoms with van der Waals surface area (Å²) in [5, 5.41) is 10.3. The molecular formula is C16H12ClNO4. The molecule has 0 bridgehead atoms.